The number of rotatable bonds is 7. The highest BCUT2D eigenvalue weighted by Crippen LogP contribution is 2.25. The average molecular weight is 427 g/mol. The largest absolute Gasteiger partial charge is 0.463 e. The van der Waals surface area contributed by atoms with Crippen molar-refractivity contribution in [1.29, 1.82) is 0 Å². The normalized spacial score (nSPS) is 13.8. The van der Waals surface area contributed by atoms with Crippen LogP contribution >= 0.6 is 11.6 Å². The number of aromatic nitrogens is 2. The molecule has 0 radical (unpaired) electrons. The molecule has 3 heterocycles. The summed E-state index contributed by atoms with van der Waals surface area (Å²) < 4.78 is 7.10. The highest BCUT2D eigenvalue weighted by Gasteiger charge is 2.28. The molecule has 0 aliphatic carbocycles. The lowest BCUT2D eigenvalue weighted by molar-refractivity contribution is -0.138. The fourth-order valence-electron chi connectivity index (χ4n) is 3.27. The Morgan fingerprint density at radius 3 is 2.53 bits per heavy atom. The summed E-state index contributed by atoms with van der Waals surface area (Å²) >= 11 is 5.97. The van der Waals surface area contributed by atoms with Crippen molar-refractivity contribution >= 4 is 29.3 Å². The first-order chi connectivity index (χ1) is 14.5. The molecule has 1 aliphatic rings. The average Bonchev–Trinajstić information content (AvgIpc) is 3.47. The molecule has 1 N–H and O–H groups in total. The molecule has 4 rings (SSSR count). The molecule has 3 amide bonds. The second kappa shape index (κ2) is 8.54. The number of nitrogens with one attached hydrogen (secondary N) is 1. The lowest BCUT2D eigenvalue weighted by atomic mass is 10.2. The first-order valence-electron chi connectivity index (χ1n) is 9.54. The number of likely N-dealkylation sites (tertiary alicyclic amines) is 1. The van der Waals surface area contributed by atoms with E-state index in [1.54, 1.807) is 53.4 Å². The van der Waals surface area contributed by atoms with Crippen LogP contribution in [0.5, 0.6) is 0 Å². The van der Waals surface area contributed by atoms with Crippen molar-refractivity contribution in [2.75, 3.05) is 13.1 Å². The van der Waals surface area contributed by atoms with Gasteiger partial charge in [-0.05, 0) is 42.8 Å². The van der Waals surface area contributed by atoms with E-state index in [0.717, 1.165) is 5.69 Å². The third-order valence-electron chi connectivity index (χ3n) is 4.79. The van der Waals surface area contributed by atoms with E-state index < -0.39 is 0 Å². The SMILES string of the molecule is O=C(NCCCN1C(=O)CCC1=O)c1cc(-c2ccco2)n(-c2ccc(Cl)cc2)n1. The molecule has 1 fully saturated rings. The van der Waals surface area contributed by atoms with Gasteiger partial charge in [-0.25, -0.2) is 4.68 Å². The van der Waals surface area contributed by atoms with E-state index in [0.29, 0.717) is 36.0 Å². The molecule has 2 aromatic heterocycles. The Morgan fingerprint density at radius 2 is 1.87 bits per heavy atom. The van der Waals surface area contributed by atoms with Crippen LogP contribution in [0, 0.1) is 0 Å². The van der Waals surface area contributed by atoms with E-state index >= 15 is 0 Å². The predicted molar refractivity (Wildman–Crippen MR) is 109 cm³/mol. The van der Waals surface area contributed by atoms with Crippen LogP contribution in [-0.2, 0) is 9.59 Å². The van der Waals surface area contributed by atoms with Crippen LogP contribution in [0.2, 0.25) is 5.02 Å². The number of amides is 3. The molecule has 0 spiro atoms. The summed E-state index contributed by atoms with van der Waals surface area (Å²) in [7, 11) is 0. The molecule has 30 heavy (non-hydrogen) atoms. The number of imide groups is 1. The maximum Gasteiger partial charge on any atom is 0.271 e. The zero-order chi connectivity index (χ0) is 21.1. The Balaban J connectivity index is 1.46. The van der Waals surface area contributed by atoms with Gasteiger partial charge in [0.15, 0.2) is 11.5 Å². The van der Waals surface area contributed by atoms with Crippen molar-refractivity contribution < 1.29 is 18.8 Å². The van der Waals surface area contributed by atoms with E-state index in [2.05, 4.69) is 10.4 Å². The minimum absolute atomic E-state index is 0.156. The van der Waals surface area contributed by atoms with Crippen LogP contribution in [0.4, 0.5) is 0 Å². The molecular weight excluding hydrogens is 408 g/mol. The quantitative estimate of drug-likeness (QED) is 0.462. The van der Waals surface area contributed by atoms with Crippen LogP contribution in [0.1, 0.15) is 29.8 Å². The standard InChI is InChI=1S/C21H19ClN4O4/c22-14-4-6-15(7-5-14)26-17(18-3-1-12-30-18)13-16(24-26)21(29)23-10-2-11-25-19(27)8-9-20(25)28/h1,3-7,12-13H,2,8-11H2,(H,23,29). The first-order valence-corrected chi connectivity index (χ1v) is 9.92. The van der Waals surface area contributed by atoms with Gasteiger partial charge in [-0.2, -0.15) is 5.10 Å². The second-order valence-corrected chi connectivity index (χ2v) is 7.27. The first kappa shape index (κ1) is 19.9. The van der Waals surface area contributed by atoms with E-state index in [1.165, 1.54) is 4.90 Å². The molecule has 1 aromatic carbocycles. The fourth-order valence-corrected chi connectivity index (χ4v) is 3.40. The van der Waals surface area contributed by atoms with Crippen molar-refractivity contribution in [1.82, 2.24) is 20.0 Å². The third kappa shape index (κ3) is 4.13. The van der Waals surface area contributed by atoms with Gasteiger partial charge in [0, 0.05) is 37.0 Å². The number of benzene rings is 1. The van der Waals surface area contributed by atoms with Crippen molar-refractivity contribution in [2.24, 2.45) is 0 Å². The highest BCUT2D eigenvalue weighted by atomic mass is 35.5. The zero-order valence-electron chi connectivity index (χ0n) is 16.0. The fraction of sp³-hybridized carbons (Fsp3) is 0.238. The zero-order valence-corrected chi connectivity index (χ0v) is 16.8. The molecule has 0 saturated carbocycles. The summed E-state index contributed by atoms with van der Waals surface area (Å²) in [6.45, 7) is 0.620. The van der Waals surface area contributed by atoms with Crippen molar-refractivity contribution in [3.8, 4) is 17.1 Å². The Morgan fingerprint density at radius 1 is 1.13 bits per heavy atom. The molecule has 154 valence electrons. The number of carbonyl (C=O) groups excluding carboxylic acids is 3. The minimum atomic E-state index is -0.352. The summed E-state index contributed by atoms with van der Waals surface area (Å²) in [4.78, 5) is 37.1. The number of hydrogen-bond acceptors (Lipinski definition) is 5. The smallest absolute Gasteiger partial charge is 0.271 e. The van der Waals surface area contributed by atoms with E-state index in [-0.39, 0.29) is 36.3 Å². The Hall–Kier alpha value is -3.39. The number of halogens is 1. The Labute approximate surface area is 177 Å². The molecule has 1 saturated heterocycles. The molecule has 8 nitrogen and oxygen atoms in total. The van der Waals surface area contributed by atoms with Gasteiger partial charge in [0.1, 0.15) is 5.69 Å². The van der Waals surface area contributed by atoms with Gasteiger partial charge >= 0.3 is 0 Å². The third-order valence-corrected chi connectivity index (χ3v) is 5.04. The second-order valence-electron chi connectivity index (χ2n) is 6.83. The molecule has 1 aliphatic heterocycles. The minimum Gasteiger partial charge on any atom is -0.463 e. The van der Waals surface area contributed by atoms with Gasteiger partial charge in [-0.15, -0.1) is 0 Å². The van der Waals surface area contributed by atoms with Gasteiger partial charge in [-0.3, -0.25) is 19.3 Å². The van der Waals surface area contributed by atoms with Crippen LogP contribution in [0.25, 0.3) is 17.1 Å². The summed E-state index contributed by atoms with van der Waals surface area (Å²) in [6, 6.07) is 12.3. The highest BCUT2D eigenvalue weighted by molar-refractivity contribution is 6.30. The molecule has 0 atom stereocenters. The topological polar surface area (TPSA) is 97.4 Å². The molecule has 3 aromatic rings. The van der Waals surface area contributed by atoms with E-state index in [9.17, 15) is 14.4 Å². The molecule has 9 heteroatoms. The molecule has 0 bridgehead atoms. The summed E-state index contributed by atoms with van der Waals surface area (Å²) in [6.07, 6.45) is 2.56. The molecular formula is C21H19ClN4O4. The number of carbonyl (C=O) groups is 3. The van der Waals surface area contributed by atoms with Crippen LogP contribution in [-0.4, -0.2) is 45.5 Å². The van der Waals surface area contributed by atoms with Gasteiger partial charge in [-0.1, -0.05) is 11.6 Å². The van der Waals surface area contributed by atoms with Crippen LogP contribution in [0.3, 0.4) is 0 Å². The Kier molecular flexibility index (Phi) is 5.67. The van der Waals surface area contributed by atoms with Gasteiger partial charge in [0.25, 0.3) is 5.91 Å². The lowest BCUT2D eigenvalue weighted by Gasteiger charge is -2.13. The molecule has 0 unspecified atom stereocenters. The Bertz CT molecular complexity index is 1060. The monoisotopic (exact) mass is 426 g/mol. The van der Waals surface area contributed by atoms with Crippen LogP contribution in [0.15, 0.2) is 53.1 Å². The van der Waals surface area contributed by atoms with Crippen molar-refractivity contribution in [3.05, 3.63) is 59.4 Å². The summed E-state index contributed by atoms with van der Waals surface area (Å²) in [5.41, 5.74) is 1.58. The predicted octanol–water partition coefficient (Wildman–Crippen LogP) is 3.05. The summed E-state index contributed by atoms with van der Waals surface area (Å²) in [5.74, 6) is -0.0931. The van der Waals surface area contributed by atoms with Gasteiger partial charge in [0.2, 0.25) is 11.8 Å². The van der Waals surface area contributed by atoms with E-state index in [1.807, 2.05) is 0 Å². The maximum atomic E-state index is 12.6. The maximum absolute atomic E-state index is 12.6. The van der Waals surface area contributed by atoms with E-state index in [4.69, 9.17) is 16.0 Å². The number of hydrogen-bond donors (Lipinski definition) is 1. The van der Waals surface area contributed by atoms with Gasteiger partial charge < -0.3 is 9.73 Å². The lowest BCUT2D eigenvalue weighted by Crippen LogP contribution is -2.33. The van der Waals surface area contributed by atoms with Crippen LogP contribution < -0.4 is 5.32 Å². The van der Waals surface area contributed by atoms with Gasteiger partial charge in [0.05, 0.1) is 12.0 Å². The van der Waals surface area contributed by atoms with Crippen molar-refractivity contribution in [2.45, 2.75) is 19.3 Å². The number of nitrogens with zero attached hydrogens (tertiary/aromatic N) is 3. The summed E-state index contributed by atoms with van der Waals surface area (Å²) in [5, 5.41) is 7.81. The van der Waals surface area contributed by atoms with Crippen molar-refractivity contribution in [3.63, 3.8) is 0 Å². The number of furan rings is 1.